The second-order valence-corrected chi connectivity index (χ2v) is 9.19. The van der Waals surface area contributed by atoms with E-state index in [1.807, 2.05) is 0 Å². The minimum absolute atomic E-state index is 0.180. The number of aliphatic hydroxyl groups excluding tert-OH is 7. The molecule has 12 heteroatoms. The Morgan fingerprint density at radius 2 is 1.44 bits per heavy atom. The van der Waals surface area contributed by atoms with Gasteiger partial charge < -0.3 is 50.0 Å². The number of aliphatic hydroxyl groups is 7. The summed E-state index contributed by atoms with van der Waals surface area (Å²) in [5.74, 6) is -1.64. The van der Waals surface area contributed by atoms with Crippen molar-refractivity contribution in [3.63, 3.8) is 0 Å². The topological polar surface area (TPSA) is 203 Å². The molecular weight excluding hydrogens is 480 g/mol. The molecule has 0 aromatic carbocycles. The van der Waals surface area contributed by atoms with Gasteiger partial charge in [-0.3, -0.25) is 9.59 Å². The maximum atomic E-state index is 12.1. The lowest BCUT2D eigenvalue weighted by Gasteiger charge is -2.41. The first-order valence-electron chi connectivity index (χ1n) is 12.8. The van der Waals surface area contributed by atoms with Gasteiger partial charge in [0.15, 0.2) is 12.1 Å². The summed E-state index contributed by atoms with van der Waals surface area (Å²) in [5, 5.41) is 68.6. The zero-order chi connectivity index (χ0) is 27.1. The minimum atomic E-state index is -2.08. The highest BCUT2D eigenvalue weighted by atomic mass is 16.7. The van der Waals surface area contributed by atoms with Gasteiger partial charge in [0.25, 0.3) is 0 Å². The fourth-order valence-corrected chi connectivity index (χ4v) is 3.89. The predicted octanol–water partition coefficient (Wildman–Crippen LogP) is -1.08. The Kier molecular flexibility index (Phi) is 16.5. The molecule has 0 spiro atoms. The molecule has 12 nitrogen and oxygen atoms in total. The zero-order valence-corrected chi connectivity index (χ0v) is 21.0. The van der Waals surface area contributed by atoms with Gasteiger partial charge in [-0.15, -0.1) is 0 Å². The van der Waals surface area contributed by atoms with Crippen molar-refractivity contribution >= 4 is 11.8 Å². The highest BCUT2D eigenvalue weighted by molar-refractivity contribution is 5.84. The molecular formula is C24H44O12. The van der Waals surface area contributed by atoms with Crippen LogP contribution >= 0.6 is 0 Å². The van der Waals surface area contributed by atoms with E-state index in [1.165, 1.54) is 32.1 Å². The van der Waals surface area contributed by atoms with Crippen LogP contribution < -0.4 is 0 Å². The quantitative estimate of drug-likeness (QED) is 0.0796. The van der Waals surface area contributed by atoms with E-state index in [4.69, 9.17) is 19.3 Å². The van der Waals surface area contributed by atoms with E-state index >= 15 is 0 Å². The molecule has 36 heavy (non-hydrogen) atoms. The number of ether oxygens (including phenoxy) is 3. The van der Waals surface area contributed by atoms with E-state index in [2.05, 4.69) is 6.92 Å². The predicted molar refractivity (Wildman–Crippen MR) is 126 cm³/mol. The molecule has 0 saturated carbocycles. The van der Waals surface area contributed by atoms with Crippen LogP contribution in [0, 0.1) is 0 Å². The summed E-state index contributed by atoms with van der Waals surface area (Å²) >= 11 is 0. The van der Waals surface area contributed by atoms with Crippen molar-refractivity contribution in [2.75, 3.05) is 19.8 Å². The molecule has 0 amide bonds. The van der Waals surface area contributed by atoms with E-state index in [0.717, 1.165) is 19.3 Å². The molecule has 0 aromatic heterocycles. The third-order valence-electron chi connectivity index (χ3n) is 6.24. The molecule has 0 unspecified atom stereocenters. The smallest absolute Gasteiger partial charge is 0.305 e. The molecule has 1 heterocycles. The molecule has 0 aromatic rings. The highest BCUT2D eigenvalue weighted by Crippen LogP contribution is 2.24. The van der Waals surface area contributed by atoms with Crippen LogP contribution in [0.3, 0.4) is 0 Å². The number of carbonyl (C=O) groups is 2. The second kappa shape index (κ2) is 18.1. The van der Waals surface area contributed by atoms with Crippen molar-refractivity contribution < 1.29 is 59.5 Å². The summed E-state index contributed by atoms with van der Waals surface area (Å²) in [5.41, 5.74) is 0. The number of esters is 1. The van der Waals surface area contributed by atoms with E-state index in [-0.39, 0.29) is 6.42 Å². The van der Waals surface area contributed by atoms with Crippen molar-refractivity contribution in [2.24, 2.45) is 0 Å². The molecule has 1 fully saturated rings. The van der Waals surface area contributed by atoms with Gasteiger partial charge in [-0.05, 0) is 6.42 Å². The van der Waals surface area contributed by atoms with Crippen LogP contribution in [-0.4, -0.2) is 116 Å². The average Bonchev–Trinajstić information content (AvgIpc) is 2.88. The normalized spacial score (nSPS) is 26.8. The van der Waals surface area contributed by atoms with Gasteiger partial charge in [-0.25, -0.2) is 0 Å². The van der Waals surface area contributed by atoms with E-state index in [9.17, 15) is 40.2 Å². The summed E-state index contributed by atoms with van der Waals surface area (Å²) in [7, 11) is 0. The van der Waals surface area contributed by atoms with Crippen LogP contribution in [0.2, 0.25) is 0 Å². The van der Waals surface area contributed by atoms with Gasteiger partial charge in [0.05, 0.1) is 6.61 Å². The Bertz CT molecular complexity index is 618. The van der Waals surface area contributed by atoms with E-state index in [1.54, 1.807) is 0 Å². The van der Waals surface area contributed by atoms with Crippen LogP contribution in [0.1, 0.15) is 71.1 Å². The third kappa shape index (κ3) is 11.0. The van der Waals surface area contributed by atoms with Gasteiger partial charge in [0.2, 0.25) is 0 Å². The first kappa shape index (κ1) is 32.8. The number of carbonyl (C=O) groups excluding carboxylic acids is 2. The molecule has 0 aliphatic carbocycles. The molecule has 212 valence electrons. The summed E-state index contributed by atoms with van der Waals surface area (Å²) in [4.78, 5) is 23.5. The van der Waals surface area contributed by atoms with Crippen LogP contribution in [0.5, 0.6) is 0 Å². The molecule has 0 bridgehead atoms. The molecule has 1 rings (SSSR count). The summed E-state index contributed by atoms with van der Waals surface area (Å²) in [6, 6.07) is 0. The monoisotopic (exact) mass is 524 g/mol. The molecule has 0 radical (unpaired) electrons. The summed E-state index contributed by atoms with van der Waals surface area (Å²) in [6.45, 7) is -0.246. The van der Waals surface area contributed by atoms with Crippen molar-refractivity contribution in [2.45, 2.75) is 120 Å². The van der Waals surface area contributed by atoms with Gasteiger partial charge >= 0.3 is 5.97 Å². The molecule has 1 aliphatic heterocycles. The van der Waals surface area contributed by atoms with Crippen LogP contribution in [0.25, 0.3) is 0 Å². The summed E-state index contributed by atoms with van der Waals surface area (Å²) < 4.78 is 15.8. The zero-order valence-electron chi connectivity index (χ0n) is 21.0. The number of hydrogen-bond acceptors (Lipinski definition) is 12. The Hall–Kier alpha value is -1.22. The largest absolute Gasteiger partial charge is 0.463 e. The van der Waals surface area contributed by atoms with Crippen molar-refractivity contribution in [3.8, 4) is 0 Å². The Morgan fingerprint density at radius 3 is 2.00 bits per heavy atom. The standard InChI is InChI=1S/C24H44O12/c1-2-3-4-5-6-7-8-9-10-11-18(28)34-14-17-21(31)22(32)23(33)24(36-17)35-16(13-26)20(30)19(29)15(27)12-25/h16-17,19-26,29-33H,2-14H2,1H3/t16-,17-,19-,20-,21-,22+,23-,24+/m1/s1. The first-order chi connectivity index (χ1) is 17.2. The highest BCUT2D eigenvalue weighted by Gasteiger charge is 2.46. The number of Topliss-reactive ketones (excluding diaryl/α,β-unsaturated/α-hetero) is 1. The van der Waals surface area contributed by atoms with E-state index in [0.29, 0.717) is 6.42 Å². The van der Waals surface area contributed by atoms with Gasteiger partial charge in [0, 0.05) is 6.42 Å². The number of unbranched alkanes of at least 4 members (excludes halogenated alkanes) is 8. The van der Waals surface area contributed by atoms with Crippen molar-refractivity contribution in [1.82, 2.24) is 0 Å². The van der Waals surface area contributed by atoms with Gasteiger partial charge in [-0.1, -0.05) is 58.3 Å². The van der Waals surface area contributed by atoms with Crippen molar-refractivity contribution in [3.05, 3.63) is 0 Å². The van der Waals surface area contributed by atoms with Crippen LogP contribution in [0.15, 0.2) is 0 Å². The first-order valence-corrected chi connectivity index (χ1v) is 12.8. The van der Waals surface area contributed by atoms with Crippen molar-refractivity contribution in [1.29, 1.82) is 0 Å². The molecule has 8 atom stereocenters. The number of rotatable bonds is 19. The fraction of sp³-hybridized carbons (Fsp3) is 0.917. The Morgan fingerprint density at radius 1 is 0.861 bits per heavy atom. The lowest BCUT2D eigenvalue weighted by Crippen LogP contribution is -2.61. The second-order valence-electron chi connectivity index (χ2n) is 9.19. The maximum Gasteiger partial charge on any atom is 0.305 e. The average molecular weight is 525 g/mol. The van der Waals surface area contributed by atoms with Gasteiger partial charge in [-0.2, -0.15) is 0 Å². The van der Waals surface area contributed by atoms with Gasteiger partial charge in [0.1, 0.15) is 55.9 Å². The number of ketones is 1. The molecule has 1 saturated heterocycles. The Balaban J connectivity index is 2.48. The SMILES string of the molecule is CCCCCCCCCCCC(=O)OC[C@H]1O[C@H](O[C@H](CO)[C@@H](O)[C@H](O)C(=O)CO)[C@H](O)[C@@H](O)[C@@H]1O. The molecule has 1 aliphatic rings. The minimum Gasteiger partial charge on any atom is -0.463 e. The summed E-state index contributed by atoms with van der Waals surface area (Å²) in [6.07, 6.45) is -3.91. The fourth-order valence-electron chi connectivity index (χ4n) is 3.89. The van der Waals surface area contributed by atoms with E-state index < -0.39 is 80.6 Å². The maximum absolute atomic E-state index is 12.1. The third-order valence-corrected chi connectivity index (χ3v) is 6.24. The molecule has 7 N–H and O–H groups in total. The Labute approximate surface area is 211 Å². The lowest BCUT2D eigenvalue weighted by atomic mass is 9.99. The van der Waals surface area contributed by atoms with Crippen LogP contribution in [-0.2, 0) is 23.8 Å². The van der Waals surface area contributed by atoms with Crippen LogP contribution in [0.4, 0.5) is 0 Å². The lowest BCUT2D eigenvalue weighted by molar-refractivity contribution is -0.321. The number of hydrogen-bond donors (Lipinski definition) is 7.